The molecule has 0 aliphatic carbocycles. The number of phenolic OH excluding ortho intramolecular Hbond substituents is 1. The molecular weight excluding hydrogens is 369 g/mol. The molecule has 0 bridgehead atoms. The molecule has 26 heavy (non-hydrogen) atoms. The minimum atomic E-state index is -0.790. The topological polar surface area (TPSA) is 113 Å². The lowest BCUT2D eigenvalue weighted by Gasteiger charge is -2.14. The molecule has 3 rings (SSSR count). The molecule has 0 spiro atoms. The van der Waals surface area contributed by atoms with Crippen molar-refractivity contribution < 1.29 is 24.0 Å². The maximum Gasteiger partial charge on any atom is 0.282 e. The normalized spacial score (nSPS) is 15.5. The summed E-state index contributed by atoms with van der Waals surface area (Å²) in [5.74, 6) is -2.61. The summed E-state index contributed by atoms with van der Waals surface area (Å²) in [5, 5.41) is 21.3. The number of hydrogen-bond acceptors (Lipinski definition) is 5. The van der Waals surface area contributed by atoms with Crippen molar-refractivity contribution >= 4 is 40.9 Å². The van der Waals surface area contributed by atoms with Gasteiger partial charge in [0.05, 0.1) is 15.6 Å². The number of amides is 2. The first-order chi connectivity index (χ1) is 12.3. The van der Waals surface area contributed by atoms with Crippen molar-refractivity contribution in [2.45, 2.75) is 0 Å². The number of rotatable bonds is 3. The molecule has 0 unspecified atom stereocenters. The van der Waals surface area contributed by atoms with Crippen molar-refractivity contribution in [3.05, 3.63) is 68.5 Å². The van der Waals surface area contributed by atoms with E-state index in [2.05, 4.69) is 5.43 Å². The number of nitro benzene ring substituents is 1. The molecule has 2 aromatic rings. The average Bonchev–Trinajstić information content (AvgIpc) is 2.87. The van der Waals surface area contributed by atoms with Gasteiger partial charge in [-0.1, -0.05) is 11.6 Å². The van der Waals surface area contributed by atoms with Crippen LogP contribution in [0.25, 0.3) is 6.08 Å². The summed E-state index contributed by atoms with van der Waals surface area (Å²) in [5.41, 5.74) is 1.65. The number of nitro groups is 1. The molecule has 8 nitrogen and oxygen atoms in total. The van der Waals surface area contributed by atoms with Crippen LogP contribution in [0.4, 0.5) is 15.8 Å². The summed E-state index contributed by atoms with van der Waals surface area (Å²) in [6.45, 7) is 0. The van der Waals surface area contributed by atoms with Crippen LogP contribution in [0.15, 0.2) is 42.0 Å². The van der Waals surface area contributed by atoms with Gasteiger partial charge in [-0.25, -0.2) is 9.40 Å². The summed E-state index contributed by atoms with van der Waals surface area (Å²) in [7, 11) is 0. The largest absolute Gasteiger partial charge is 0.507 e. The minimum absolute atomic E-state index is 0.0725. The van der Waals surface area contributed by atoms with Crippen molar-refractivity contribution in [3.8, 4) is 5.75 Å². The summed E-state index contributed by atoms with van der Waals surface area (Å²) >= 11 is 5.67. The summed E-state index contributed by atoms with van der Waals surface area (Å²) < 4.78 is 13.3. The highest BCUT2D eigenvalue weighted by Crippen LogP contribution is 2.29. The first-order valence-electron chi connectivity index (χ1n) is 7.07. The van der Waals surface area contributed by atoms with Crippen LogP contribution in [0.1, 0.15) is 5.56 Å². The van der Waals surface area contributed by atoms with Gasteiger partial charge >= 0.3 is 0 Å². The van der Waals surface area contributed by atoms with Crippen molar-refractivity contribution in [1.29, 1.82) is 0 Å². The van der Waals surface area contributed by atoms with Crippen LogP contribution in [0.2, 0.25) is 5.02 Å². The molecule has 1 aliphatic rings. The third-order valence-electron chi connectivity index (χ3n) is 3.57. The molecule has 2 N–H and O–H groups in total. The van der Waals surface area contributed by atoms with Gasteiger partial charge in [0, 0.05) is 17.7 Å². The Balaban J connectivity index is 1.99. The van der Waals surface area contributed by atoms with Crippen LogP contribution in [0.3, 0.4) is 0 Å². The van der Waals surface area contributed by atoms with E-state index in [0.717, 1.165) is 41.4 Å². The van der Waals surface area contributed by atoms with Crippen LogP contribution in [0.5, 0.6) is 5.75 Å². The lowest BCUT2D eigenvalue weighted by atomic mass is 10.1. The summed E-state index contributed by atoms with van der Waals surface area (Å²) in [4.78, 5) is 34.7. The van der Waals surface area contributed by atoms with E-state index in [1.807, 2.05) is 0 Å². The third kappa shape index (κ3) is 3.07. The van der Waals surface area contributed by atoms with Crippen molar-refractivity contribution in [3.63, 3.8) is 0 Å². The van der Waals surface area contributed by atoms with Gasteiger partial charge in [0.15, 0.2) is 0 Å². The number of hydrazine groups is 1. The molecule has 0 atom stereocenters. The van der Waals surface area contributed by atoms with Gasteiger partial charge in [0.2, 0.25) is 0 Å². The van der Waals surface area contributed by atoms with Gasteiger partial charge in [0.1, 0.15) is 17.1 Å². The predicted molar refractivity (Wildman–Crippen MR) is 89.8 cm³/mol. The third-order valence-corrected chi connectivity index (χ3v) is 3.86. The second-order valence-electron chi connectivity index (χ2n) is 5.24. The van der Waals surface area contributed by atoms with Crippen LogP contribution in [-0.2, 0) is 9.59 Å². The first kappa shape index (κ1) is 17.4. The van der Waals surface area contributed by atoms with E-state index in [1.54, 1.807) is 0 Å². The van der Waals surface area contributed by atoms with Gasteiger partial charge < -0.3 is 5.11 Å². The lowest BCUT2D eigenvalue weighted by Crippen LogP contribution is -2.35. The van der Waals surface area contributed by atoms with Gasteiger partial charge in [0.25, 0.3) is 17.5 Å². The smallest absolute Gasteiger partial charge is 0.282 e. The van der Waals surface area contributed by atoms with Crippen molar-refractivity contribution in [2.24, 2.45) is 0 Å². The Morgan fingerprint density at radius 2 is 1.96 bits per heavy atom. The Morgan fingerprint density at radius 1 is 1.23 bits per heavy atom. The van der Waals surface area contributed by atoms with E-state index in [1.165, 1.54) is 6.07 Å². The van der Waals surface area contributed by atoms with Gasteiger partial charge in [-0.3, -0.25) is 25.1 Å². The van der Waals surface area contributed by atoms with E-state index in [9.17, 15) is 29.2 Å². The fourth-order valence-corrected chi connectivity index (χ4v) is 2.46. The molecule has 132 valence electrons. The Hall–Kier alpha value is -3.46. The number of nitrogens with one attached hydrogen (secondary N) is 1. The molecule has 2 amide bonds. The second-order valence-corrected chi connectivity index (χ2v) is 5.65. The van der Waals surface area contributed by atoms with Crippen LogP contribution < -0.4 is 10.4 Å². The van der Waals surface area contributed by atoms with Crippen molar-refractivity contribution in [2.75, 3.05) is 5.01 Å². The number of phenols is 1. The summed E-state index contributed by atoms with van der Waals surface area (Å²) in [6.07, 6.45) is 1.03. The number of non-ortho nitro benzene ring substituents is 1. The van der Waals surface area contributed by atoms with E-state index >= 15 is 0 Å². The molecule has 0 radical (unpaired) electrons. The number of carbonyl (C=O) groups is 2. The number of hydrogen-bond donors (Lipinski definition) is 2. The number of benzene rings is 2. The zero-order valence-electron chi connectivity index (χ0n) is 12.8. The minimum Gasteiger partial charge on any atom is -0.507 e. The fourth-order valence-electron chi connectivity index (χ4n) is 2.29. The quantitative estimate of drug-likeness (QED) is 0.369. The lowest BCUT2D eigenvalue weighted by molar-refractivity contribution is -0.384. The highest BCUT2D eigenvalue weighted by molar-refractivity contribution is 6.33. The molecule has 10 heteroatoms. The molecule has 1 aliphatic heterocycles. The fraction of sp³-hybridized carbons (Fsp3) is 0. The van der Waals surface area contributed by atoms with E-state index in [4.69, 9.17) is 11.6 Å². The first-order valence-corrected chi connectivity index (χ1v) is 7.45. The molecule has 2 aromatic carbocycles. The average molecular weight is 378 g/mol. The van der Waals surface area contributed by atoms with Crippen LogP contribution in [-0.4, -0.2) is 21.8 Å². The zero-order chi connectivity index (χ0) is 19.0. The van der Waals surface area contributed by atoms with E-state index in [0.29, 0.717) is 0 Å². The molecule has 0 saturated carbocycles. The van der Waals surface area contributed by atoms with Gasteiger partial charge in [-0.05, 0) is 30.3 Å². The van der Waals surface area contributed by atoms with E-state index < -0.39 is 22.6 Å². The molecule has 1 saturated heterocycles. The highest BCUT2D eigenvalue weighted by atomic mass is 35.5. The van der Waals surface area contributed by atoms with Crippen LogP contribution >= 0.6 is 11.6 Å². The molecule has 1 heterocycles. The number of halogens is 2. The number of carbonyl (C=O) groups excluding carboxylic acids is 2. The Morgan fingerprint density at radius 3 is 2.62 bits per heavy atom. The number of aromatic hydroxyl groups is 1. The Labute approximate surface area is 150 Å². The maximum absolute atomic E-state index is 13.3. The highest BCUT2D eigenvalue weighted by Gasteiger charge is 2.35. The molecule has 0 aromatic heterocycles. The van der Waals surface area contributed by atoms with Crippen LogP contribution in [0, 0.1) is 15.9 Å². The SMILES string of the molecule is O=C1NN(c2ccc(F)c(Cl)c2)C(=O)/C1=C\c1cc([N+](=O)[O-])ccc1O. The van der Waals surface area contributed by atoms with Gasteiger partial charge in [-0.2, -0.15) is 0 Å². The summed E-state index contributed by atoms with van der Waals surface area (Å²) in [6, 6.07) is 6.63. The number of anilines is 1. The second kappa shape index (κ2) is 6.45. The standard InChI is InChI=1S/C16H9ClFN3O5/c17-12-7-9(1-3-13(12)18)20-16(24)11(15(23)19-20)6-8-5-10(21(25)26)2-4-14(8)22/h1-7,22H,(H,19,23)/b11-6-. The Kier molecular flexibility index (Phi) is 4.31. The van der Waals surface area contributed by atoms with Crippen molar-refractivity contribution in [1.82, 2.24) is 5.43 Å². The monoisotopic (exact) mass is 377 g/mol. The predicted octanol–water partition coefficient (Wildman–Crippen LogP) is 2.55. The maximum atomic E-state index is 13.3. The zero-order valence-corrected chi connectivity index (χ0v) is 13.5. The Bertz CT molecular complexity index is 992. The van der Waals surface area contributed by atoms with Gasteiger partial charge in [-0.15, -0.1) is 0 Å². The molecular formula is C16H9ClFN3O5. The molecule has 1 fully saturated rings. The number of nitrogens with zero attached hydrogens (tertiary/aromatic N) is 2. The van der Waals surface area contributed by atoms with E-state index in [-0.39, 0.29) is 33.3 Å².